The summed E-state index contributed by atoms with van der Waals surface area (Å²) in [4.78, 5) is 13.5. The van der Waals surface area contributed by atoms with Crippen molar-refractivity contribution in [2.75, 3.05) is 20.2 Å². The Morgan fingerprint density at radius 2 is 1.94 bits per heavy atom. The first-order valence-corrected chi connectivity index (χ1v) is 5.46. The lowest BCUT2D eigenvalue weighted by molar-refractivity contribution is 0.0787. The summed E-state index contributed by atoms with van der Waals surface area (Å²) in [6.45, 7) is 1.25. The van der Waals surface area contributed by atoms with Crippen LogP contribution in [0.5, 0.6) is 5.75 Å². The number of nitrogens with zero attached hydrogens (tertiary/aromatic N) is 1. The van der Waals surface area contributed by atoms with E-state index in [9.17, 15) is 13.6 Å². The second-order valence-electron chi connectivity index (χ2n) is 3.94. The largest absolute Gasteiger partial charge is 0.491 e. The maximum absolute atomic E-state index is 13.8. The summed E-state index contributed by atoms with van der Waals surface area (Å²) in [7, 11) is 1.17. The molecular weight excluding hydrogens is 228 g/mol. The van der Waals surface area contributed by atoms with Crippen molar-refractivity contribution in [3.8, 4) is 5.75 Å². The maximum Gasteiger partial charge on any atom is 0.256 e. The van der Waals surface area contributed by atoms with Crippen LogP contribution in [-0.4, -0.2) is 31.0 Å². The first kappa shape index (κ1) is 11.8. The zero-order valence-corrected chi connectivity index (χ0v) is 9.50. The van der Waals surface area contributed by atoms with Gasteiger partial charge in [0, 0.05) is 13.1 Å². The quantitative estimate of drug-likeness (QED) is 0.794. The third-order valence-electron chi connectivity index (χ3n) is 2.88. The summed E-state index contributed by atoms with van der Waals surface area (Å²) in [5, 5.41) is 0. The van der Waals surface area contributed by atoms with Gasteiger partial charge in [0.2, 0.25) is 0 Å². The number of carbonyl (C=O) groups is 1. The lowest BCUT2D eigenvalue weighted by Crippen LogP contribution is -2.28. The second-order valence-corrected chi connectivity index (χ2v) is 3.94. The molecule has 3 nitrogen and oxygen atoms in total. The molecule has 92 valence electrons. The van der Waals surface area contributed by atoms with Gasteiger partial charge in [-0.25, -0.2) is 8.78 Å². The van der Waals surface area contributed by atoms with Gasteiger partial charge in [-0.15, -0.1) is 0 Å². The van der Waals surface area contributed by atoms with E-state index < -0.39 is 23.3 Å². The van der Waals surface area contributed by atoms with Crippen molar-refractivity contribution in [3.63, 3.8) is 0 Å². The van der Waals surface area contributed by atoms with Crippen molar-refractivity contribution in [2.45, 2.75) is 12.8 Å². The van der Waals surface area contributed by atoms with Gasteiger partial charge >= 0.3 is 0 Å². The highest BCUT2D eigenvalue weighted by Crippen LogP contribution is 2.25. The van der Waals surface area contributed by atoms with Gasteiger partial charge in [-0.1, -0.05) is 0 Å². The molecule has 0 aromatic heterocycles. The molecule has 1 aromatic carbocycles. The molecule has 1 amide bonds. The van der Waals surface area contributed by atoms with Crippen molar-refractivity contribution < 1.29 is 18.3 Å². The zero-order chi connectivity index (χ0) is 12.4. The summed E-state index contributed by atoms with van der Waals surface area (Å²) >= 11 is 0. The van der Waals surface area contributed by atoms with E-state index in [1.807, 2.05) is 0 Å². The van der Waals surface area contributed by atoms with E-state index in [1.54, 1.807) is 4.90 Å². The highest BCUT2D eigenvalue weighted by molar-refractivity contribution is 5.95. The molecule has 0 N–H and O–H groups in total. The van der Waals surface area contributed by atoms with Crippen LogP contribution in [-0.2, 0) is 0 Å². The molecule has 5 heteroatoms. The number of hydrogen-bond acceptors (Lipinski definition) is 2. The minimum absolute atomic E-state index is 0.134. The maximum atomic E-state index is 13.8. The molecule has 1 saturated heterocycles. The van der Waals surface area contributed by atoms with Gasteiger partial charge in [-0.3, -0.25) is 4.79 Å². The fourth-order valence-corrected chi connectivity index (χ4v) is 1.98. The van der Waals surface area contributed by atoms with Gasteiger partial charge in [0.25, 0.3) is 5.91 Å². The summed E-state index contributed by atoms with van der Waals surface area (Å²) in [6.07, 6.45) is 1.84. The van der Waals surface area contributed by atoms with E-state index in [2.05, 4.69) is 4.74 Å². The van der Waals surface area contributed by atoms with Crippen LogP contribution in [0.4, 0.5) is 8.78 Å². The molecule has 1 aliphatic heterocycles. The van der Waals surface area contributed by atoms with Crippen LogP contribution < -0.4 is 4.74 Å². The van der Waals surface area contributed by atoms with Crippen LogP contribution in [0.2, 0.25) is 0 Å². The predicted octanol–water partition coefficient (Wildman–Crippen LogP) is 2.21. The molecule has 1 heterocycles. The number of likely N-dealkylation sites (tertiary alicyclic amines) is 1. The molecule has 1 aromatic rings. The van der Waals surface area contributed by atoms with Crippen molar-refractivity contribution in [1.29, 1.82) is 0 Å². The van der Waals surface area contributed by atoms with Crippen LogP contribution in [0.25, 0.3) is 0 Å². The van der Waals surface area contributed by atoms with E-state index in [-0.39, 0.29) is 5.56 Å². The summed E-state index contributed by atoms with van der Waals surface area (Å²) < 4.78 is 31.6. The fourth-order valence-electron chi connectivity index (χ4n) is 1.98. The molecule has 0 radical (unpaired) electrons. The average Bonchev–Trinajstić information content (AvgIpc) is 2.82. The van der Waals surface area contributed by atoms with Gasteiger partial charge in [0.15, 0.2) is 17.4 Å². The minimum Gasteiger partial charge on any atom is -0.491 e. The molecule has 17 heavy (non-hydrogen) atoms. The average molecular weight is 241 g/mol. The number of benzene rings is 1. The Morgan fingerprint density at radius 3 is 2.53 bits per heavy atom. The first-order valence-electron chi connectivity index (χ1n) is 5.46. The lowest BCUT2D eigenvalue weighted by Gasteiger charge is -2.16. The molecule has 0 spiro atoms. The summed E-state index contributed by atoms with van der Waals surface area (Å²) in [5.74, 6) is -2.64. The topological polar surface area (TPSA) is 29.5 Å². The molecule has 1 aliphatic rings. The van der Waals surface area contributed by atoms with Crippen molar-refractivity contribution >= 4 is 5.91 Å². The van der Waals surface area contributed by atoms with Crippen LogP contribution in [0, 0.1) is 11.6 Å². The Morgan fingerprint density at radius 1 is 1.29 bits per heavy atom. The number of amides is 1. The van der Waals surface area contributed by atoms with E-state index >= 15 is 0 Å². The number of methoxy groups -OCH3 is 1. The van der Waals surface area contributed by atoms with Crippen LogP contribution >= 0.6 is 0 Å². The second kappa shape index (κ2) is 4.69. The monoisotopic (exact) mass is 241 g/mol. The van der Waals surface area contributed by atoms with E-state index in [0.29, 0.717) is 13.1 Å². The summed E-state index contributed by atoms with van der Waals surface area (Å²) in [5.41, 5.74) is -0.134. The highest BCUT2D eigenvalue weighted by atomic mass is 19.1. The SMILES string of the molecule is COc1c(F)ccc(C(=O)N2CCCC2)c1F. The zero-order valence-electron chi connectivity index (χ0n) is 9.50. The molecule has 2 rings (SSSR count). The van der Waals surface area contributed by atoms with Gasteiger partial charge in [0.1, 0.15) is 0 Å². The highest BCUT2D eigenvalue weighted by Gasteiger charge is 2.25. The Balaban J connectivity index is 2.35. The molecule has 0 unspecified atom stereocenters. The Labute approximate surface area is 98.0 Å². The number of hydrogen-bond donors (Lipinski definition) is 0. The van der Waals surface area contributed by atoms with Crippen LogP contribution in [0.1, 0.15) is 23.2 Å². The first-order chi connectivity index (χ1) is 8.15. The predicted molar refractivity (Wildman–Crippen MR) is 58.0 cm³/mol. The van der Waals surface area contributed by atoms with Gasteiger partial charge in [0.05, 0.1) is 12.7 Å². The van der Waals surface area contributed by atoms with E-state index in [0.717, 1.165) is 25.0 Å². The lowest BCUT2D eigenvalue weighted by atomic mass is 10.1. The van der Waals surface area contributed by atoms with Gasteiger partial charge < -0.3 is 9.64 Å². The molecule has 1 fully saturated rings. The molecular formula is C12H13F2NO2. The molecule has 0 bridgehead atoms. The minimum atomic E-state index is -0.926. The molecule has 0 atom stereocenters. The van der Waals surface area contributed by atoms with E-state index in [1.165, 1.54) is 7.11 Å². The Hall–Kier alpha value is -1.65. The van der Waals surface area contributed by atoms with Crippen LogP contribution in [0.3, 0.4) is 0 Å². The third kappa shape index (κ3) is 2.09. The Kier molecular flexibility index (Phi) is 3.26. The van der Waals surface area contributed by atoms with Crippen molar-refractivity contribution in [1.82, 2.24) is 4.90 Å². The van der Waals surface area contributed by atoms with Crippen molar-refractivity contribution in [3.05, 3.63) is 29.3 Å². The molecule has 0 saturated carbocycles. The van der Waals surface area contributed by atoms with Gasteiger partial charge in [-0.05, 0) is 25.0 Å². The number of ether oxygens (including phenoxy) is 1. The Bertz CT molecular complexity index is 442. The number of rotatable bonds is 2. The standard InChI is InChI=1S/C12H13F2NO2/c1-17-11-9(13)5-4-8(10(11)14)12(16)15-6-2-3-7-15/h4-5H,2-3,6-7H2,1H3. The smallest absolute Gasteiger partial charge is 0.256 e. The van der Waals surface area contributed by atoms with Crippen molar-refractivity contribution in [2.24, 2.45) is 0 Å². The summed E-state index contributed by atoms with van der Waals surface area (Å²) in [6, 6.07) is 2.21. The van der Waals surface area contributed by atoms with E-state index in [4.69, 9.17) is 0 Å². The van der Waals surface area contributed by atoms with Crippen LogP contribution in [0.15, 0.2) is 12.1 Å². The fraction of sp³-hybridized carbons (Fsp3) is 0.417. The van der Waals surface area contributed by atoms with Gasteiger partial charge in [-0.2, -0.15) is 0 Å². The molecule has 0 aliphatic carbocycles. The number of carbonyl (C=O) groups excluding carboxylic acids is 1. The third-order valence-corrected chi connectivity index (χ3v) is 2.88. The normalized spacial score (nSPS) is 15.1. The number of halogens is 2.